The fourth-order valence-corrected chi connectivity index (χ4v) is 5.61. The number of benzene rings is 3. The van der Waals surface area contributed by atoms with Crippen molar-refractivity contribution in [3.05, 3.63) is 83.4 Å². The van der Waals surface area contributed by atoms with Crippen LogP contribution in [0.3, 0.4) is 0 Å². The SMILES string of the molecule is O=C(Nc1ccc(Cl)c(S(=O)(=O)N2CCCC2)c1)c1ccccc1-c1ccccc1. The van der Waals surface area contributed by atoms with Gasteiger partial charge in [0.25, 0.3) is 5.91 Å². The van der Waals surface area contributed by atoms with Gasteiger partial charge in [-0.05, 0) is 48.2 Å². The van der Waals surface area contributed by atoms with Gasteiger partial charge in [-0.15, -0.1) is 0 Å². The number of amides is 1. The van der Waals surface area contributed by atoms with Gasteiger partial charge in [0.2, 0.25) is 10.0 Å². The monoisotopic (exact) mass is 440 g/mol. The van der Waals surface area contributed by atoms with Crippen LogP contribution in [0.15, 0.2) is 77.7 Å². The zero-order chi connectivity index (χ0) is 21.1. The Morgan fingerprint density at radius 1 is 0.900 bits per heavy atom. The fourth-order valence-electron chi connectivity index (χ4n) is 3.60. The maximum absolute atomic E-state index is 13.0. The summed E-state index contributed by atoms with van der Waals surface area (Å²) in [7, 11) is -3.69. The second-order valence-corrected chi connectivity index (χ2v) is 9.44. The van der Waals surface area contributed by atoms with Crippen LogP contribution in [-0.4, -0.2) is 31.7 Å². The molecule has 1 aliphatic heterocycles. The van der Waals surface area contributed by atoms with Crippen molar-refractivity contribution in [1.82, 2.24) is 4.31 Å². The maximum atomic E-state index is 13.0. The van der Waals surface area contributed by atoms with Crippen LogP contribution in [0.4, 0.5) is 5.69 Å². The van der Waals surface area contributed by atoms with Gasteiger partial charge in [0.05, 0.1) is 5.02 Å². The summed E-state index contributed by atoms with van der Waals surface area (Å²) in [6.07, 6.45) is 1.67. The lowest BCUT2D eigenvalue weighted by atomic mass is 9.99. The average Bonchev–Trinajstić information content (AvgIpc) is 3.31. The van der Waals surface area contributed by atoms with Crippen LogP contribution in [-0.2, 0) is 10.0 Å². The lowest BCUT2D eigenvalue weighted by molar-refractivity contribution is 0.102. The van der Waals surface area contributed by atoms with Crippen LogP contribution < -0.4 is 5.32 Å². The Morgan fingerprint density at radius 2 is 1.57 bits per heavy atom. The van der Waals surface area contributed by atoms with E-state index in [0.29, 0.717) is 24.3 Å². The minimum atomic E-state index is -3.69. The van der Waals surface area contributed by atoms with E-state index in [2.05, 4.69) is 5.32 Å². The molecule has 1 N–H and O–H groups in total. The molecule has 1 saturated heterocycles. The molecule has 7 heteroatoms. The number of halogens is 1. The second-order valence-electron chi connectivity index (χ2n) is 7.12. The number of nitrogens with zero attached hydrogens (tertiary/aromatic N) is 1. The van der Waals surface area contributed by atoms with Crippen molar-refractivity contribution < 1.29 is 13.2 Å². The first-order chi connectivity index (χ1) is 14.5. The van der Waals surface area contributed by atoms with E-state index in [-0.39, 0.29) is 15.8 Å². The highest BCUT2D eigenvalue weighted by molar-refractivity contribution is 7.89. The van der Waals surface area contributed by atoms with E-state index in [1.54, 1.807) is 18.2 Å². The van der Waals surface area contributed by atoms with Crippen molar-refractivity contribution in [2.24, 2.45) is 0 Å². The number of hydrogen-bond acceptors (Lipinski definition) is 3. The number of carbonyl (C=O) groups is 1. The van der Waals surface area contributed by atoms with Gasteiger partial charge < -0.3 is 5.32 Å². The molecule has 1 fully saturated rings. The third kappa shape index (κ3) is 4.12. The lowest BCUT2D eigenvalue weighted by Crippen LogP contribution is -2.28. The van der Waals surface area contributed by atoms with Gasteiger partial charge in [0.1, 0.15) is 4.90 Å². The maximum Gasteiger partial charge on any atom is 0.256 e. The molecule has 0 aromatic heterocycles. The predicted molar refractivity (Wildman–Crippen MR) is 119 cm³/mol. The quantitative estimate of drug-likeness (QED) is 0.604. The lowest BCUT2D eigenvalue weighted by Gasteiger charge is -2.17. The molecule has 1 heterocycles. The van der Waals surface area contributed by atoms with Crippen LogP contribution >= 0.6 is 11.6 Å². The Hall–Kier alpha value is -2.67. The molecule has 0 atom stereocenters. The number of carbonyl (C=O) groups excluding carboxylic acids is 1. The fraction of sp³-hybridized carbons (Fsp3) is 0.174. The van der Waals surface area contributed by atoms with Gasteiger partial charge in [-0.2, -0.15) is 4.31 Å². The summed E-state index contributed by atoms with van der Waals surface area (Å²) in [6, 6.07) is 21.5. The highest BCUT2D eigenvalue weighted by Gasteiger charge is 2.29. The van der Waals surface area contributed by atoms with Crippen LogP contribution in [0, 0.1) is 0 Å². The highest BCUT2D eigenvalue weighted by Crippen LogP contribution is 2.30. The standard InChI is InChI=1S/C23H21ClN2O3S/c24-21-13-12-18(16-22(21)30(28,29)26-14-6-7-15-26)25-23(27)20-11-5-4-10-19(20)17-8-2-1-3-9-17/h1-5,8-13,16H,6-7,14-15H2,(H,25,27). The van der Waals surface area contributed by atoms with Crippen molar-refractivity contribution in [2.45, 2.75) is 17.7 Å². The first-order valence-corrected chi connectivity index (χ1v) is 11.5. The molecular formula is C23H21ClN2O3S. The summed E-state index contributed by atoms with van der Waals surface area (Å²) in [5, 5.41) is 2.96. The number of rotatable bonds is 5. The van der Waals surface area contributed by atoms with E-state index >= 15 is 0 Å². The Kier molecular flexibility index (Phi) is 5.90. The van der Waals surface area contributed by atoms with Gasteiger partial charge in [-0.1, -0.05) is 60.1 Å². The zero-order valence-electron chi connectivity index (χ0n) is 16.2. The largest absolute Gasteiger partial charge is 0.322 e. The Balaban J connectivity index is 1.64. The normalized spacial score (nSPS) is 14.6. The van der Waals surface area contributed by atoms with E-state index in [4.69, 9.17) is 11.6 Å². The Labute approximate surface area is 181 Å². The van der Waals surface area contributed by atoms with Gasteiger partial charge in [-0.25, -0.2) is 8.42 Å². The summed E-state index contributed by atoms with van der Waals surface area (Å²) in [4.78, 5) is 13.0. The second kappa shape index (κ2) is 8.60. The van der Waals surface area contributed by atoms with Crippen molar-refractivity contribution in [3.8, 4) is 11.1 Å². The van der Waals surface area contributed by atoms with Crippen LogP contribution in [0.25, 0.3) is 11.1 Å². The first kappa shape index (κ1) is 20.6. The third-order valence-corrected chi connectivity index (χ3v) is 7.51. The minimum absolute atomic E-state index is 0.0141. The Bertz CT molecular complexity index is 1170. The van der Waals surface area contributed by atoms with Crippen LogP contribution in [0.5, 0.6) is 0 Å². The van der Waals surface area contributed by atoms with E-state index in [0.717, 1.165) is 24.0 Å². The molecular weight excluding hydrogens is 420 g/mol. The molecule has 3 aromatic rings. The molecule has 0 saturated carbocycles. The summed E-state index contributed by atoms with van der Waals surface area (Å²) in [6.45, 7) is 0.972. The summed E-state index contributed by atoms with van der Waals surface area (Å²) < 4.78 is 27.3. The van der Waals surface area contributed by atoms with E-state index in [9.17, 15) is 13.2 Å². The molecule has 1 aliphatic rings. The topological polar surface area (TPSA) is 66.5 Å². The van der Waals surface area contributed by atoms with Gasteiger partial charge in [-0.3, -0.25) is 4.79 Å². The zero-order valence-corrected chi connectivity index (χ0v) is 17.8. The summed E-state index contributed by atoms with van der Waals surface area (Å²) >= 11 is 6.20. The predicted octanol–water partition coefficient (Wildman–Crippen LogP) is 5.04. The van der Waals surface area contributed by atoms with E-state index < -0.39 is 10.0 Å². The van der Waals surface area contributed by atoms with E-state index in [1.807, 2.05) is 42.5 Å². The number of nitrogens with one attached hydrogen (secondary N) is 1. The van der Waals surface area contributed by atoms with Crippen LogP contribution in [0.2, 0.25) is 5.02 Å². The molecule has 0 radical (unpaired) electrons. The molecule has 5 nitrogen and oxygen atoms in total. The minimum Gasteiger partial charge on any atom is -0.322 e. The van der Waals surface area contributed by atoms with Gasteiger partial charge in [0, 0.05) is 24.3 Å². The first-order valence-electron chi connectivity index (χ1n) is 9.72. The summed E-state index contributed by atoms with van der Waals surface area (Å²) in [5.41, 5.74) is 2.61. The number of anilines is 1. The summed E-state index contributed by atoms with van der Waals surface area (Å²) in [5.74, 6) is -0.318. The van der Waals surface area contributed by atoms with Crippen molar-refractivity contribution in [2.75, 3.05) is 18.4 Å². The molecule has 0 spiro atoms. The Morgan fingerprint density at radius 3 is 2.30 bits per heavy atom. The molecule has 0 unspecified atom stereocenters. The molecule has 154 valence electrons. The smallest absolute Gasteiger partial charge is 0.256 e. The van der Waals surface area contributed by atoms with Crippen molar-refractivity contribution >= 4 is 33.2 Å². The van der Waals surface area contributed by atoms with Crippen molar-refractivity contribution in [1.29, 1.82) is 0 Å². The molecule has 4 rings (SSSR count). The number of sulfonamides is 1. The van der Waals surface area contributed by atoms with Crippen LogP contribution in [0.1, 0.15) is 23.2 Å². The number of hydrogen-bond donors (Lipinski definition) is 1. The molecule has 0 aliphatic carbocycles. The average molecular weight is 441 g/mol. The van der Waals surface area contributed by atoms with E-state index in [1.165, 1.54) is 16.4 Å². The van der Waals surface area contributed by atoms with Gasteiger partial charge >= 0.3 is 0 Å². The highest BCUT2D eigenvalue weighted by atomic mass is 35.5. The van der Waals surface area contributed by atoms with Crippen molar-refractivity contribution in [3.63, 3.8) is 0 Å². The molecule has 30 heavy (non-hydrogen) atoms. The third-order valence-electron chi connectivity index (χ3n) is 5.13. The molecule has 3 aromatic carbocycles. The molecule has 0 bridgehead atoms. The van der Waals surface area contributed by atoms with Gasteiger partial charge in [0.15, 0.2) is 0 Å². The molecule has 1 amide bonds.